The van der Waals surface area contributed by atoms with Crippen LogP contribution < -0.4 is 5.73 Å². The molecule has 6 heteroatoms. The predicted octanol–water partition coefficient (Wildman–Crippen LogP) is 1.50. The third kappa shape index (κ3) is 5.26. The van der Waals surface area contributed by atoms with Gasteiger partial charge in [-0.25, -0.2) is 0 Å². The fourth-order valence-electron chi connectivity index (χ4n) is 0.640. The molecule has 0 spiro atoms. The first-order chi connectivity index (χ1) is 5.11. The Morgan fingerprint density at radius 3 is 2.17 bits per heavy atom. The van der Waals surface area contributed by atoms with E-state index >= 15 is 0 Å². The van der Waals surface area contributed by atoms with Gasteiger partial charge < -0.3 is 10.6 Å². The fourth-order valence-corrected chi connectivity index (χ4v) is 1.22. The van der Waals surface area contributed by atoms with Crippen LogP contribution in [0.4, 0.5) is 4.79 Å². The summed E-state index contributed by atoms with van der Waals surface area (Å²) in [5.41, 5.74) is 5.04. The highest BCUT2D eigenvalue weighted by Crippen LogP contribution is 2.06. The lowest BCUT2D eigenvalue weighted by Gasteiger charge is -2.16. The summed E-state index contributed by atoms with van der Waals surface area (Å²) in [5.74, 6) is 0. The second kappa shape index (κ2) is 7.24. The summed E-state index contributed by atoms with van der Waals surface area (Å²) >= 11 is 0.760. The van der Waals surface area contributed by atoms with Crippen LogP contribution >= 0.6 is 24.2 Å². The zero-order valence-corrected chi connectivity index (χ0v) is 8.80. The molecule has 0 bridgehead atoms. The lowest BCUT2D eigenvalue weighted by Crippen LogP contribution is -2.28. The van der Waals surface area contributed by atoms with Crippen LogP contribution in [0.2, 0.25) is 0 Å². The summed E-state index contributed by atoms with van der Waals surface area (Å²) in [6.07, 6.45) is 0. The van der Waals surface area contributed by atoms with Crippen molar-refractivity contribution in [1.82, 2.24) is 4.90 Å². The van der Waals surface area contributed by atoms with Gasteiger partial charge in [0.1, 0.15) is 0 Å². The zero-order valence-electron chi connectivity index (χ0n) is 7.16. The number of rotatable bonds is 2. The molecule has 0 rings (SSSR count). The van der Waals surface area contributed by atoms with E-state index in [2.05, 4.69) is 0 Å². The maximum Gasteiger partial charge on any atom is 0.289 e. The first-order valence-corrected chi connectivity index (χ1v) is 4.24. The van der Waals surface area contributed by atoms with Crippen molar-refractivity contribution >= 4 is 34.6 Å². The molecule has 0 fully saturated rings. The van der Waals surface area contributed by atoms with Crippen molar-refractivity contribution in [1.29, 1.82) is 5.41 Å². The number of carbonyl (C=O) groups is 1. The quantitative estimate of drug-likeness (QED) is 0.537. The van der Waals surface area contributed by atoms with Gasteiger partial charge in [-0.1, -0.05) is 0 Å². The van der Waals surface area contributed by atoms with Crippen LogP contribution in [-0.4, -0.2) is 28.4 Å². The molecule has 0 saturated heterocycles. The van der Waals surface area contributed by atoms with E-state index in [9.17, 15) is 4.79 Å². The summed E-state index contributed by atoms with van der Waals surface area (Å²) in [4.78, 5) is 12.7. The topological polar surface area (TPSA) is 70.2 Å². The van der Waals surface area contributed by atoms with Gasteiger partial charge in [0.2, 0.25) is 0 Å². The fraction of sp³-hybridized carbons (Fsp3) is 0.667. The Morgan fingerprint density at radius 2 is 1.92 bits per heavy atom. The lowest BCUT2D eigenvalue weighted by atomic mass is 10.6. The first kappa shape index (κ1) is 14.1. The Hall–Kier alpha value is -0.420. The molecule has 0 atom stereocenters. The third-order valence-electron chi connectivity index (χ3n) is 1.22. The minimum Gasteiger partial charge on any atom is -0.378 e. The van der Waals surface area contributed by atoms with Crippen molar-refractivity contribution in [2.75, 3.05) is 13.1 Å². The summed E-state index contributed by atoms with van der Waals surface area (Å²) in [5, 5.41) is 6.56. The monoisotopic (exact) mass is 211 g/mol. The average Bonchev–Trinajstić information content (AvgIpc) is 1.88. The van der Waals surface area contributed by atoms with Crippen LogP contribution in [0.3, 0.4) is 0 Å². The van der Waals surface area contributed by atoms with Crippen LogP contribution in [-0.2, 0) is 0 Å². The number of hydrogen-bond acceptors (Lipinski definition) is 3. The maximum atomic E-state index is 11.1. The number of amidine groups is 1. The summed E-state index contributed by atoms with van der Waals surface area (Å²) in [7, 11) is 0. The Bertz CT molecular complexity index is 161. The van der Waals surface area contributed by atoms with Gasteiger partial charge in [0.15, 0.2) is 5.17 Å². The second-order valence-corrected chi connectivity index (χ2v) is 2.90. The van der Waals surface area contributed by atoms with Crippen LogP contribution in [0.1, 0.15) is 13.8 Å². The smallest absolute Gasteiger partial charge is 0.289 e. The van der Waals surface area contributed by atoms with E-state index in [0.717, 1.165) is 11.8 Å². The molecule has 0 saturated carbocycles. The van der Waals surface area contributed by atoms with E-state index in [1.54, 1.807) is 4.90 Å². The van der Waals surface area contributed by atoms with Crippen molar-refractivity contribution < 1.29 is 4.79 Å². The number of thioether (sulfide) groups is 1. The van der Waals surface area contributed by atoms with Crippen LogP contribution in [0.5, 0.6) is 0 Å². The molecule has 0 unspecified atom stereocenters. The van der Waals surface area contributed by atoms with Gasteiger partial charge in [0, 0.05) is 24.9 Å². The van der Waals surface area contributed by atoms with Crippen LogP contribution in [0, 0.1) is 5.41 Å². The van der Waals surface area contributed by atoms with Crippen molar-refractivity contribution in [2.45, 2.75) is 13.8 Å². The molecule has 3 N–H and O–H groups in total. The molecule has 0 aromatic rings. The molecule has 0 aliphatic carbocycles. The molecule has 0 aliphatic rings. The summed E-state index contributed by atoms with van der Waals surface area (Å²) in [6.45, 7) is 5.11. The van der Waals surface area contributed by atoms with Crippen molar-refractivity contribution in [3.8, 4) is 0 Å². The van der Waals surface area contributed by atoms with Crippen LogP contribution in [0.15, 0.2) is 0 Å². The number of nitrogens with zero attached hydrogens (tertiary/aromatic N) is 1. The largest absolute Gasteiger partial charge is 0.378 e. The molecule has 4 nitrogen and oxygen atoms in total. The summed E-state index contributed by atoms with van der Waals surface area (Å²) in [6, 6.07) is 0. The highest BCUT2D eigenvalue weighted by Gasteiger charge is 2.10. The standard InChI is InChI=1S/C6H13N3OS.ClH/c1-3-9(4-2)6(10)11-5(7)8;/h3-4H2,1-2H3,(H3,7,8);1H. The number of halogens is 1. The normalized spacial score (nSPS) is 8.50. The van der Waals surface area contributed by atoms with E-state index in [1.165, 1.54) is 0 Å². The predicted molar refractivity (Wildman–Crippen MR) is 55.1 cm³/mol. The summed E-state index contributed by atoms with van der Waals surface area (Å²) < 4.78 is 0. The molecule has 0 radical (unpaired) electrons. The number of amides is 1. The Labute approximate surface area is 82.8 Å². The zero-order chi connectivity index (χ0) is 8.85. The van der Waals surface area contributed by atoms with Gasteiger partial charge in [-0.3, -0.25) is 10.2 Å². The third-order valence-corrected chi connectivity index (χ3v) is 1.87. The van der Waals surface area contributed by atoms with E-state index in [1.807, 2.05) is 13.8 Å². The molecule has 12 heavy (non-hydrogen) atoms. The number of nitrogens with two attached hydrogens (primary N) is 1. The SMILES string of the molecule is CCN(CC)C(=O)SC(=N)N.Cl. The Morgan fingerprint density at radius 1 is 1.50 bits per heavy atom. The molecular formula is C6H14ClN3OS. The number of hydrogen-bond donors (Lipinski definition) is 2. The van der Waals surface area contributed by atoms with Gasteiger partial charge in [-0.05, 0) is 13.8 Å². The van der Waals surface area contributed by atoms with Gasteiger partial charge >= 0.3 is 0 Å². The van der Waals surface area contributed by atoms with Crippen LogP contribution in [0.25, 0.3) is 0 Å². The lowest BCUT2D eigenvalue weighted by molar-refractivity contribution is 0.228. The molecule has 0 aromatic carbocycles. The van der Waals surface area contributed by atoms with Crippen molar-refractivity contribution in [3.63, 3.8) is 0 Å². The number of nitrogens with one attached hydrogen (secondary N) is 1. The molecule has 1 amide bonds. The van der Waals surface area contributed by atoms with Gasteiger partial charge in [-0.2, -0.15) is 0 Å². The maximum absolute atomic E-state index is 11.1. The van der Waals surface area contributed by atoms with E-state index in [4.69, 9.17) is 11.1 Å². The molecule has 0 aromatic heterocycles. The highest BCUT2D eigenvalue weighted by atomic mass is 35.5. The highest BCUT2D eigenvalue weighted by molar-refractivity contribution is 8.26. The van der Waals surface area contributed by atoms with E-state index in [-0.39, 0.29) is 22.8 Å². The van der Waals surface area contributed by atoms with E-state index in [0.29, 0.717) is 13.1 Å². The molecule has 0 heterocycles. The minimum absolute atomic E-state index is 0. The van der Waals surface area contributed by atoms with Crippen molar-refractivity contribution in [2.24, 2.45) is 5.73 Å². The van der Waals surface area contributed by atoms with E-state index < -0.39 is 0 Å². The van der Waals surface area contributed by atoms with Gasteiger partial charge in [0.25, 0.3) is 5.24 Å². The Balaban J connectivity index is 0. The molecular weight excluding hydrogens is 198 g/mol. The average molecular weight is 212 g/mol. The minimum atomic E-state index is -0.151. The molecule has 0 aliphatic heterocycles. The Kier molecular flexibility index (Phi) is 8.52. The molecule has 72 valence electrons. The van der Waals surface area contributed by atoms with Gasteiger partial charge in [0.05, 0.1) is 0 Å². The second-order valence-electron chi connectivity index (χ2n) is 1.90. The first-order valence-electron chi connectivity index (χ1n) is 3.42. The van der Waals surface area contributed by atoms with Crippen molar-refractivity contribution in [3.05, 3.63) is 0 Å². The number of carbonyl (C=O) groups excluding carboxylic acids is 1. The van der Waals surface area contributed by atoms with Gasteiger partial charge in [-0.15, -0.1) is 12.4 Å².